The van der Waals surface area contributed by atoms with E-state index in [0.717, 1.165) is 43.4 Å². The van der Waals surface area contributed by atoms with Gasteiger partial charge in [0.15, 0.2) is 11.5 Å². The molecule has 0 bridgehead atoms. The Hall–Kier alpha value is -2.65. The first-order valence-corrected chi connectivity index (χ1v) is 12.1. The summed E-state index contributed by atoms with van der Waals surface area (Å²) in [5, 5.41) is 14.5. The molecule has 1 N–H and O–H groups in total. The molecule has 1 atom stereocenters. The van der Waals surface area contributed by atoms with E-state index in [0.29, 0.717) is 12.4 Å². The number of aliphatic hydroxyl groups excluding tert-OH is 1. The molecule has 3 heterocycles. The molecular formula is C24H22N2O4S2. The number of thioether (sulfide) groups is 1. The third-order valence-corrected chi connectivity index (χ3v) is 7.15. The Labute approximate surface area is 194 Å². The molecule has 0 saturated heterocycles. The summed E-state index contributed by atoms with van der Waals surface area (Å²) >= 11 is 3.14. The molecular weight excluding hydrogens is 444 g/mol. The number of hydrogen-bond acceptors (Lipinski definition) is 8. The molecule has 2 aromatic heterocycles. The van der Waals surface area contributed by atoms with Crippen molar-refractivity contribution in [2.75, 3.05) is 19.2 Å². The zero-order chi connectivity index (χ0) is 21.9. The fourth-order valence-corrected chi connectivity index (χ4v) is 5.37. The van der Waals surface area contributed by atoms with Gasteiger partial charge in [-0.1, -0.05) is 35.9 Å². The maximum Gasteiger partial charge on any atom is 0.231 e. The van der Waals surface area contributed by atoms with Gasteiger partial charge in [0.2, 0.25) is 6.79 Å². The van der Waals surface area contributed by atoms with Crippen molar-refractivity contribution in [1.29, 1.82) is 0 Å². The Morgan fingerprint density at radius 2 is 1.97 bits per heavy atom. The van der Waals surface area contributed by atoms with Gasteiger partial charge in [-0.25, -0.2) is 9.97 Å². The van der Waals surface area contributed by atoms with Crippen molar-refractivity contribution < 1.29 is 19.3 Å². The molecule has 164 valence electrons. The second-order valence-corrected chi connectivity index (χ2v) is 9.41. The van der Waals surface area contributed by atoms with Crippen LogP contribution in [-0.4, -0.2) is 40.3 Å². The third kappa shape index (κ3) is 4.59. The number of ether oxygens (including phenoxy) is 3. The van der Waals surface area contributed by atoms with Gasteiger partial charge in [0.1, 0.15) is 16.2 Å². The van der Waals surface area contributed by atoms with Crippen LogP contribution in [0.2, 0.25) is 0 Å². The van der Waals surface area contributed by atoms with E-state index in [1.54, 1.807) is 17.7 Å². The fraction of sp³-hybridized carbons (Fsp3) is 0.250. The van der Waals surface area contributed by atoms with Crippen LogP contribution in [0.1, 0.15) is 11.1 Å². The van der Waals surface area contributed by atoms with Gasteiger partial charge in [-0.15, -0.1) is 23.1 Å². The van der Waals surface area contributed by atoms with E-state index in [1.165, 1.54) is 17.3 Å². The van der Waals surface area contributed by atoms with Crippen LogP contribution in [0.25, 0.3) is 21.3 Å². The van der Waals surface area contributed by atoms with E-state index >= 15 is 0 Å². The smallest absolute Gasteiger partial charge is 0.231 e. The number of rotatable bonds is 8. The van der Waals surface area contributed by atoms with Gasteiger partial charge in [-0.2, -0.15) is 0 Å². The number of aliphatic hydroxyl groups is 1. The van der Waals surface area contributed by atoms with Gasteiger partial charge >= 0.3 is 0 Å². The lowest BCUT2D eigenvalue weighted by atomic mass is 10.1. The normalized spacial score (nSPS) is 13.6. The van der Waals surface area contributed by atoms with Crippen LogP contribution < -0.4 is 9.47 Å². The quantitative estimate of drug-likeness (QED) is 0.287. The average Bonchev–Trinajstić information content (AvgIpc) is 3.45. The molecule has 4 aromatic rings. The highest BCUT2D eigenvalue weighted by molar-refractivity contribution is 7.99. The molecule has 1 unspecified atom stereocenters. The highest BCUT2D eigenvalue weighted by Crippen LogP contribution is 2.38. The summed E-state index contributed by atoms with van der Waals surface area (Å²) in [6.07, 6.45) is 0.975. The summed E-state index contributed by atoms with van der Waals surface area (Å²) in [6.45, 7) is 2.97. The Balaban J connectivity index is 1.21. The Bertz CT molecular complexity index is 1230. The summed E-state index contributed by atoms with van der Waals surface area (Å²) in [6, 6.07) is 14.2. The molecule has 6 nitrogen and oxygen atoms in total. The van der Waals surface area contributed by atoms with Gasteiger partial charge in [0.25, 0.3) is 0 Å². The average molecular weight is 467 g/mol. The highest BCUT2D eigenvalue weighted by Gasteiger charge is 2.16. The monoisotopic (exact) mass is 466 g/mol. The van der Waals surface area contributed by atoms with Crippen LogP contribution in [0.4, 0.5) is 0 Å². The Morgan fingerprint density at radius 3 is 2.84 bits per heavy atom. The van der Waals surface area contributed by atoms with Crippen molar-refractivity contribution in [2.45, 2.75) is 24.7 Å². The van der Waals surface area contributed by atoms with E-state index in [-0.39, 0.29) is 13.4 Å². The lowest BCUT2D eigenvalue weighted by molar-refractivity contribution is 0.0397. The topological polar surface area (TPSA) is 73.7 Å². The molecule has 0 fully saturated rings. The fourth-order valence-electron chi connectivity index (χ4n) is 3.47. The van der Waals surface area contributed by atoms with E-state index in [4.69, 9.17) is 14.2 Å². The minimum absolute atomic E-state index is 0.240. The predicted molar refractivity (Wildman–Crippen MR) is 127 cm³/mol. The number of aromatic nitrogens is 2. The molecule has 1 aliphatic rings. The second-order valence-electron chi connectivity index (χ2n) is 7.54. The van der Waals surface area contributed by atoms with Crippen molar-refractivity contribution in [3.63, 3.8) is 0 Å². The number of nitrogens with zero attached hydrogens (tertiary/aromatic N) is 2. The molecule has 5 rings (SSSR count). The van der Waals surface area contributed by atoms with Gasteiger partial charge in [0.05, 0.1) is 24.7 Å². The molecule has 1 aliphatic heterocycles. The van der Waals surface area contributed by atoms with Crippen LogP contribution in [0.3, 0.4) is 0 Å². The standard InChI is InChI=1S/C24H22N2O4S2/c1-15-2-5-17(6-3-15)19-12-32-24-22(19)23(25-13-26-24)31-11-18(27)10-28-9-16-4-7-20-21(8-16)30-14-29-20/h2-8,12-13,18,27H,9-11,14H2,1H3. The zero-order valence-corrected chi connectivity index (χ0v) is 19.1. The summed E-state index contributed by atoms with van der Waals surface area (Å²) in [5.74, 6) is 1.96. The number of thiophene rings is 1. The number of benzene rings is 2. The van der Waals surface area contributed by atoms with Crippen molar-refractivity contribution in [2.24, 2.45) is 0 Å². The van der Waals surface area contributed by atoms with E-state index in [1.807, 2.05) is 18.2 Å². The molecule has 0 aliphatic carbocycles. The molecule has 2 aromatic carbocycles. The summed E-state index contributed by atoms with van der Waals surface area (Å²) in [4.78, 5) is 9.88. The largest absolute Gasteiger partial charge is 0.454 e. The summed E-state index contributed by atoms with van der Waals surface area (Å²) in [7, 11) is 0. The maximum absolute atomic E-state index is 10.5. The number of fused-ring (bicyclic) bond motifs is 2. The van der Waals surface area contributed by atoms with Gasteiger partial charge < -0.3 is 19.3 Å². The highest BCUT2D eigenvalue weighted by atomic mass is 32.2. The van der Waals surface area contributed by atoms with Crippen molar-refractivity contribution >= 4 is 33.3 Å². The summed E-state index contributed by atoms with van der Waals surface area (Å²) < 4.78 is 16.4. The summed E-state index contributed by atoms with van der Waals surface area (Å²) in [5.41, 5.74) is 4.48. The number of aryl methyl sites for hydroxylation is 1. The van der Waals surface area contributed by atoms with E-state index in [9.17, 15) is 5.11 Å². The second kappa shape index (κ2) is 9.46. The van der Waals surface area contributed by atoms with E-state index < -0.39 is 6.10 Å². The van der Waals surface area contributed by atoms with Gasteiger partial charge in [0, 0.05) is 16.7 Å². The zero-order valence-electron chi connectivity index (χ0n) is 17.5. The lowest BCUT2D eigenvalue weighted by Crippen LogP contribution is -2.18. The van der Waals surface area contributed by atoms with Gasteiger partial charge in [-0.05, 0) is 30.2 Å². The van der Waals surface area contributed by atoms with Crippen molar-refractivity contribution in [3.05, 3.63) is 65.3 Å². The third-order valence-electron chi connectivity index (χ3n) is 5.13. The van der Waals surface area contributed by atoms with Crippen LogP contribution in [0.15, 0.2) is 59.2 Å². The Morgan fingerprint density at radius 1 is 1.12 bits per heavy atom. The van der Waals surface area contributed by atoms with Crippen molar-refractivity contribution in [3.8, 4) is 22.6 Å². The minimum Gasteiger partial charge on any atom is -0.454 e. The molecule has 32 heavy (non-hydrogen) atoms. The molecule has 0 radical (unpaired) electrons. The van der Waals surface area contributed by atoms with Crippen LogP contribution in [0.5, 0.6) is 11.5 Å². The Kier molecular flexibility index (Phi) is 6.27. The lowest BCUT2D eigenvalue weighted by Gasteiger charge is -2.12. The van der Waals surface area contributed by atoms with Crippen LogP contribution in [-0.2, 0) is 11.3 Å². The maximum atomic E-state index is 10.5. The molecule has 0 saturated carbocycles. The predicted octanol–water partition coefficient (Wildman–Crippen LogP) is 5.07. The van der Waals surface area contributed by atoms with Crippen LogP contribution >= 0.6 is 23.1 Å². The first-order chi connectivity index (χ1) is 15.7. The van der Waals surface area contributed by atoms with Crippen molar-refractivity contribution in [1.82, 2.24) is 9.97 Å². The minimum atomic E-state index is -0.611. The SMILES string of the molecule is Cc1ccc(-c2csc3ncnc(SCC(O)COCc4ccc5c(c4)OCO5)c23)cc1. The molecule has 8 heteroatoms. The molecule has 0 amide bonds. The van der Waals surface area contributed by atoms with E-state index in [2.05, 4.69) is 46.5 Å². The van der Waals surface area contributed by atoms with Gasteiger partial charge in [-0.3, -0.25) is 0 Å². The number of hydrogen-bond donors (Lipinski definition) is 1. The molecule has 0 spiro atoms. The first-order valence-electron chi connectivity index (χ1n) is 10.2. The first kappa shape index (κ1) is 21.2. The van der Waals surface area contributed by atoms with Crippen LogP contribution in [0, 0.1) is 6.92 Å².